The SMILES string of the molecule is CN1CCN(CCC2CCCN2)C1=O. The molecule has 2 aliphatic rings. The van der Waals surface area contributed by atoms with Gasteiger partial charge >= 0.3 is 6.03 Å². The van der Waals surface area contributed by atoms with Gasteiger partial charge in [-0.05, 0) is 25.8 Å². The van der Waals surface area contributed by atoms with Gasteiger partial charge in [0.15, 0.2) is 0 Å². The fourth-order valence-corrected chi connectivity index (χ4v) is 2.23. The van der Waals surface area contributed by atoms with Crippen molar-refractivity contribution in [1.82, 2.24) is 15.1 Å². The van der Waals surface area contributed by atoms with Crippen LogP contribution in [-0.2, 0) is 0 Å². The molecule has 0 spiro atoms. The lowest BCUT2D eigenvalue weighted by atomic mass is 10.1. The molecule has 2 saturated heterocycles. The second-order valence-corrected chi connectivity index (χ2v) is 4.27. The van der Waals surface area contributed by atoms with Crippen molar-refractivity contribution in [3.63, 3.8) is 0 Å². The number of rotatable bonds is 3. The van der Waals surface area contributed by atoms with E-state index in [0.717, 1.165) is 32.6 Å². The van der Waals surface area contributed by atoms with Crippen LogP contribution in [0, 0.1) is 0 Å². The lowest BCUT2D eigenvalue weighted by Gasteiger charge is -2.18. The molecule has 2 fully saturated rings. The Balaban J connectivity index is 1.72. The zero-order chi connectivity index (χ0) is 9.97. The number of hydrogen-bond donors (Lipinski definition) is 1. The van der Waals surface area contributed by atoms with Crippen molar-refractivity contribution < 1.29 is 4.79 Å². The van der Waals surface area contributed by atoms with Gasteiger partial charge in [0.25, 0.3) is 0 Å². The summed E-state index contributed by atoms with van der Waals surface area (Å²) in [5.41, 5.74) is 0. The van der Waals surface area contributed by atoms with Crippen molar-refractivity contribution in [3.05, 3.63) is 0 Å². The van der Waals surface area contributed by atoms with Crippen LogP contribution in [0.25, 0.3) is 0 Å². The summed E-state index contributed by atoms with van der Waals surface area (Å²) in [4.78, 5) is 15.3. The number of amides is 2. The molecule has 14 heavy (non-hydrogen) atoms. The van der Waals surface area contributed by atoms with Crippen LogP contribution >= 0.6 is 0 Å². The number of carbonyl (C=O) groups is 1. The summed E-state index contributed by atoms with van der Waals surface area (Å²) in [6.07, 6.45) is 3.68. The van der Waals surface area contributed by atoms with Gasteiger partial charge in [0.2, 0.25) is 0 Å². The minimum atomic E-state index is 0.197. The van der Waals surface area contributed by atoms with Gasteiger partial charge in [-0.25, -0.2) is 4.79 Å². The van der Waals surface area contributed by atoms with Crippen LogP contribution in [0.15, 0.2) is 0 Å². The number of nitrogens with one attached hydrogen (secondary N) is 1. The third kappa shape index (κ3) is 2.00. The van der Waals surface area contributed by atoms with E-state index in [1.807, 2.05) is 11.9 Å². The molecule has 2 heterocycles. The fourth-order valence-electron chi connectivity index (χ4n) is 2.23. The Hall–Kier alpha value is -0.770. The van der Waals surface area contributed by atoms with E-state index in [1.54, 1.807) is 4.90 Å². The Bertz CT molecular complexity index is 213. The normalized spacial score (nSPS) is 27.8. The molecule has 0 radical (unpaired) electrons. The monoisotopic (exact) mass is 197 g/mol. The molecule has 2 amide bonds. The Labute approximate surface area is 85.2 Å². The minimum Gasteiger partial charge on any atom is -0.326 e. The second-order valence-electron chi connectivity index (χ2n) is 4.27. The number of nitrogens with zero attached hydrogens (tertiary/aromatic N) is 2. The standard InChI is InChI=1S/C10H19N3O/c1-12-7-8-13(10(12)14)6-4-9-3-2-5-11-9/h9,11H,2-8H2,1H3. The fraction of sp³-hybridized carbons (Fsp3) is 0.900. The van der Waals surface area contributed by atoms with Crippen LogP contribution in [0.4, 0.5) is 4.79 Å². The summed E-state index contributed by atoms with van der Waals surface area (Å²) >= 11 is 0. The Morgan fingerprint density at radius 3 is 2.93 bits per heavy atom. The molecule has 2 aliphatic heterocycles. The first-order valence-electron chi connectivity index (χ1n) is 5.51. The summed E-state index contributed by atoms with van der Waals surface area (Å²) in [7, 11) is 1.87. The van der Waals surface area contributed by atoms with Crippen LogP contribution in [0.3, 0.4) is 0 Å². The molecular formula is C10H19N3O. The van der Waals surface area contributed by atoms with Gasteiger partial charge in [-0.15, -0.1) is 0 Å². The average molecular weight is 197 g/mol. The first-order valence-corrected chi connectivity index (χ1v) is 5.51. The predicted octanol–water partition coefficient (Wildman–Crippen LogP) is 0.496. The van der Waals surface area contributed by atoms with Crippen LogP contribution in [-0.4, -0.2) is 55.1 Å². The molecule has 80 valence electrons. The van der Waals surface area contributed by atoms with E-state index in [4.69, 9.17) is 0 Å². The van der Waals surface area contributed by atoms with Gasteiger partial charge in [-0.1, -0.05) is 0 Å². The molecule has 0 aromatic carbocycles. The van der Waals surface area contributed by atoms with Gasteiger partial charge in [-0.3, -0.25) is 0 Å². The van der Waals surface area contributed by atoms with Crippen molar-refractivity contribution in [3.8, 4) is 0 Å². The Morgan fingerprint density at radius 2 is 2.36 bits per heavy atom. The summed E-state index contributed by atoms with van der Waals surface area (Å²) in [5, 5.41) is 3.46. The van der Waals surface area contributed by atoms with Crippen LogP contribution in [0.1, 0.15) is 19.3 Å². The number of hydrogen-bond acceptors (Lipinski definition) is 2. The molecule has 4 nitrogen and oxygen atoms in total. The number of likely N-dealkylation sites (N-methyl/N-ethyl adjacent to an activating group) is 1. The van der Waals surface area contributed by atoms with E-state index in [-0.39, 0.29) is 6.03 Å². The molecule has 1 unspecified atom stereocenters. The van der Waals surface area contributed by atoms with Gasteiger partial charge in [0, 0.05) is 32.7 Å². The molecule has 0 aromatic heterocycles. The molecule has 0 aliphatic carbocycles. The van der Waals surface area contributed by atoms with Crippen LogP contribution < -0.4 is 5.32 Å². The zero-order valence-corrected chi connectivity index (χ0v) is 8.83. The minimum absolute atomic E-state index is 0.197. The van der Waals surface area contributed by atoms with E-state index >= 15 is 0 Å². The van der Waals surface area contributed by atoms with Crippen molar-refractivity contribution in [2.24, 2.45) is 0 Å². The summed E-state index contributed by atoms with van der Waals surface area (Å²) in [6.45, 7) is 3.86. The lowest BCUT2D eigenvalue weighted by molar-refractivity contribution is 0.197. The van der Waals surface area contributed by atoms with Gasteiger partial charge in [0.05, 0.1) is 0 Å². The molecule has 0 bridgehead atoms. The van der Waals surface area contributed by atoms with E-state index in [0.29, 0.717) is 6.04 Å². The van der Waals surface area contributed by atoms with Gasteiger partial charge < -0.3 is 15.1 Å². The summed E-state index contributed by atoms with van der Waals surface area (Å²) in [6, 6.07) is 0.844. The average Bonchev–Trinajstić information content (AvgIpc) is 2.77. The molecular weight excluding hydrogens is 178 g/mol. The first-order chi connectivity index (χ1) is 6.77. The van der Waals surface area contributed by atoms with E-state index in [1.165, 1.54) is 12.8 Å². The summed E-state index contributed by atoms with van der Waals surface area (Å²) < 4.78 is 0. The van der Waals surface area contributed by atoms with Crippen molar-refractivity contribution in [2.45, 2.75) is 25.3 Å². The van der Waals surface area contributed by atoms with E-state index in [2.05, 4.69) is 5.32 Å². The number of urea groups is 1. The maximum atomic E-state index is 11.5. The van der Waals surface area contributed by atoms with E-state index < -0.39 is 0 Å². The maximum Gasteiger partial charge on any atom is 0.319 e. The highest BCUT2D eigenvalue weighted by molar-refractivity contribution is 5.76. The number of carbonyl (C=O) groups excluding carboxylic acids is 1. The first kappa shape index (κ1) is 9.77. The predicted molar refractivity (Wildman–Crippen MR) is 55.2 cm³/mol. The second kappa shape index (κ2) is 4.17. The molecule has 1 atom stereocenters. The maximum absolute atomic E-state index is 11.5. The molecule has 4 heteroatoms. The highest BCUT2D eigenvalue weighted by atomic mass is 16.2. The van der Waals surface area contributed by atoms with Crippen molar-refractivity contribution >= 4 is 6.03 Å². The largest absolute Gasteiger partial charge is 0.326 e. The van der Waals surface area contributed by atoms with E-state index in [9.17, 15) is 4.79 Å². The third-order valence-electron chi connectivity index (χ3n) is 3.21. The molecule has 0 aromatic rings. The highest BCUT2D eigenvalue weighted by Crippen LogP contribution is 2.12. The quantitative estimate of drug-likeness (QED) is 0.715. The lowest BCUT2D eigenvalue weighted by Crippen LogP contribution is -2.33. The molecule has 1 N–H and O–H groups in total. The Morgan fingerprint density at radius 1 is 1.50 bits per heavy atom. The van der Waals surface area contributed by atoms with Crippen LogP contribution in [0.5, 0.6) is 0 Å². The van der Waals surface area contributed by atoms with Gasteiger partial charge in [-0.2, -0.15) is 0 Å². The molecule has 0 saturated carbocycles. The van der Waals surface area contributed by atoms with Gasteiger partial charge in [0.1, 0.15) is 0 Å². The summed E-state index contributed by atoms with van der Waals surface area (Å²) in [5.74, 6) is 0. The Kier molecular flexibility index (Phi) is 2.91. The molecule has 2 rings (SSSR count). The van der Waals surface area contributed by atoms with Crippen LogP contribution in [0.2, 0.25) is 0 Å². The van der Waals surface area contributed by atoms with Crippen molar-refractivity contribution in [1.29, 1.82) is 0 Å². The topological polar surface area (TPSA) is 35.6 Å². The third-order valence-corrected chi connectivity index (χ3v) is 3.21. The van der Waals surface area contributed by atoms with Crippen molar-refractivity contribution in [2.75, 3.05) is 33.2 Å². The zero-order valence-electron chi connectivity index (χ0n) is 8.83. The highest BCUT2D eigenvalue weighted by Gasteiger charge is 2.25. The smallest absolute Gasteiger partial charge is 0.319 e.